The summed E-state index contributed by atoms with van der Waals surface area (Å²) in [6.45, 7) is 0.426. The fourth-order valence-corrected chi connectivity index (χ4v) is 3.38. The zero-order valence-corrected chi connectivity index (χ0v) is 20.0. The van der Waals surface area contributed by atoms with Gasteiger partial charge in [0.15, 0.2) is 11.6 Å². The van der Waals surface area contributed by atoms with Crippen LogP contribution in [0.25, 0.3) is 5.82 Å². The number of rotatable bonds is 8. The molecule has 0 atom stereocenters. The SMILES string of the molecule is CN1C=CN(Nc2ncc(C#N)c(C(=O)c3ccc(NCc4ccc(-n5cc(F)cn5)nc4)nc3)n2)C=C1. The number of hydrogen-bond donors (Lipinski definition) is 2. The van der Waals surface area contributed by atoms with Gasteiger partial charge in [-0.2, -0.15) is 10.4 Å². The van der Waals surface area contributed by atoms with Gasteiger partial charge in [-0.1, -0.05) is 6.07 Å². The first-order chi connectivity index (χ1) is 18.5. The Kier molecular flexibility index (Phi) is 6.68. The fourth-order valence-electron chi connectivity index (χ4n) is 3.38. The summed E-state index contributed by atoms with van der Waals surface area (Å²) in [4.78, 5) is 32.0. The van der Waals surface area contributed by atoms with Crippen LogP contribution in [0, 0.1) is 17.1 Å². The lowest BCUT2D eigenvalue weighted by atomic mass is 10.1. The Morgan fingerprint density at radius 2 is 1.87 bits per heavy atom. The maximum atomic E-state index is 13.1. The number of ketones is 1. The lowest BCUT2D eigenvalue weighted by Crippen LogP contribution is -2.24. The number of halogens is 1. The van der Waals surface area contributed by atoms with Crippen LogP contribution in [-0.2, 0) is 6.54 Å². The summed E-state index contributed by atoms with van der Waals surface area (Å²) in [6, 6.07) is 8.80. The van der Waals surface area contributed by atoms with Crippen LogP contribution in [0.5, 0.6) is 0 Å². The molecule has 0 unspecified atom stereocenters. The number of pyridine rings is 2. The van der Waals surface area contributed by atoms with Crippen LogP contribution < -0.4 is 10.7 Å². The number of nitrogens with one attached hydrogen (secondary N) is 2. The molecule has 0 aromatic carbocycles. The molecule has 0 saturated carbocycles. The van der Waals surface area contributed by atoms with Gasteiger partial charge in [-0.3, -0.25) is 15.2 Å². The van der Waals surface area contributed by atoms with Crippen molar-refractivity contribution >= 4 is 17.5 Å². The van der Waals surface area contributed by atoms with E-state index in [1.54, 1.807) is 41.8 Å². The zero-order valence-electron chi connectivity index (χ0n) is 20.0. The van der Waals surface area contributed by atoms with Crippen LogP contribution in [-0.4, -0.2) is 52.5 Å². The smallest absolute Gasteiger partial charge is 0.242 e. The van der Waals surface area contributed by atoms with E-state index in [1.807, 2.05) is 36.5 Å². The number of hydrazine groups is 1. The Morgan fingerprint density at radius 3 is 2.53 bits per heavy atom. The maximum absolute atomic E-state index is 13.1. The van der Waals surface area contributed by atoms with Gasteiger partial charge in [0.05, 0.1) is 18.6 Å². The minimum atomic E-state index is -0.453. The monoisotopic (exact) mass is 509 g/mol. The van der Waals surface area contributed by atoms with Gasteiger partial charge in [0.2, 0.25) is 11.7 Å². The molecule has 12 nitrogen and oxygen atoms in total. The molecule has 4 aromatic rings. The first-order valence-corrected chi connectivity index (χ1v) is 11.3. The molecule has 2 N–H and O–H groups in total. The third kappa shape index (κ3) is 5.44. The minimum absolute atomic E-state index is 0.0298. The van der Waals surface area contributed by atoms with Crippen molar-refractivity contribution < 1.29 is 9.18 Å². The lowest BCUT2D eigenvalue weighted by molar-refractivity contribution is 0.103. The molecule has 0 spiro atoms. The van der Waals surface area contributed by atoms with Gasteiger partial charge in [-0.25, -0.2) is 29.0 Å². The van der Waals surface area contributed by atoms with Crippen molar-refractivity contribution in [3.05, 3.63) is 108 Å². The van der Waals surface area contributed by atoms with E-state index in [0.717, 1.165) is 11.8 Å². The van der Waals surface area contributed by atoms with Crippen molar-refractivity contribution in [3.8, 4) is 11.9 Å². The van der Waals surface area contributed by atoms with E-state index in [2.05, 4.69) is 35.8 Å². The standard InChI is InChI=1S/C25H20FN11O/c1-35-6-8-36(9-7-35)34-25-31-14-19(10-27)23(33-25)24(38)18-3-4-21(29-13-18)28-11-17-2-5-22(30-12-17)37-16-20(26)15-32-37/h2-9,12-16H,11H2,1H3,(H,28,29)(H,31,33,34). The highest BCUT2D eigenvalue weighted by Gasteiger charge is 2.18. The summed E-state index contributed by atoms with van der Waals surface area (Å²) < 4.78 is 14.5. The molecule has 0 radical (unpaired) electrons. The minimum Gasteiger partial charge on any atom is -0.366 e. The van der Waals surface area contributed by atoms with Crippen LogP contribution in [0.15, 0.2) is 80.0 Å². The summed E-state index contributed by atoms with van der Waals surface area (Å²) in [5, 5.41) is 18.1. The predicted octanol–water partition coefficient (Wildman–Crippen LogP) is 2.82. The van der Waals surface area contributed by atoms with Crippen molar-refractivity contribution in [1.82, 2.24) is 39.6 Å². The first-order valence-electron chi connectivity index (χ1n) is 11.3. The first kappa shape index (κ1) is 24.1. The molecule has 1 aliphatic heterocycles. The van der Waals surface area contributed by atoms with E-state index < -0.39 is 11.6 Å². The Morgan fingerprint density at radius 1 is 1.03 bits per heavy atom. The van der Waals surface area contributed by atoms with E-state index in [4.69, 9.17) is 0 Å². The molecule has 38 heavy (non-hydrogen) atoms. The van der Waals surface area contributed by atoms with Crippen LogP contribution in [0.3, 0.4) is 0 Å². The molecule has 0 saturated heterocycles. The quantitative estimate of drug-likeness (QED) is 0.339. The van der Waals surface area contributed by atoms with Crippen LogP contribution in [0.4, 0.5) is 16.2 Å². The molecule has 4 aromatic heterocycles. The average molecular weight is 510 g/mol. The summed E-state index contributed by atoms with van der Waals surface area (Å²) in [5.41, 5.74) is 4.12. The summed E-state index contributed by atoms with van der Waals surface area (Å²) >= 11 is 0. The molecule has 188 valence electrons. The number of anilines is 2. The van der Waals surface area contributed by atoms with E-state index in [1.165, 1.54) is 23.3 Å². The van der Waals surface area contributed by atoms with Crippen molar-refractivity contribution in [1.29, 1.82) is 5.26 Å². The third-order valence-electron chi connectivity index (χ3n) is 5.37. The van der Waals surface area contributed by atoms with Crippen molar-refractivity contribution in [2.75, 3.05) is 17.8 Å². The van der Waals surface area contributed by atoms with Crippen LogP contribution >= 0.6 is 0 Å². The normalized spacial score (nSPS) is 12.3. The van der Waals surface area contributed by atoms with Crippen LogP contribution in [0.1, 0.15) is 27.2 Å². The summed E-state index contributed by atoms with van der Waals surface area (Å²) in [7, 11) is 1.88. The molecular weight excluding hydrogens is 489 g/mol. The second-order valence-electron chi connectivity index (χ2n) is 8.09. The zero-order chi connectivity index (χ0) is 26.5. The van der Waals surface area contributed by atoms with Crippen LogP contribution in [0.2, 0.25) is 0 Å². The summed E-state index contributed by atoms with van der Waals surface area (Å²) in [6.07, 6.45) is 13.9. The van der Waals surface area contributed by atoms with Gasteiger partial charge in [0.1, 0.15) is 23.1 Å². The Labute approximate surface area is 216 Å². The third-order valence-corrected chi connectivity index (χ3v) is 5.37. The number of nitriles is 1. The number of hydrogen-bond acceptors (Lipinski definition) is 11. The maximum Gasteiger partial charge on any atom is 0.242 e. The van der Waals surface area contributed by atoms with Gasteiger partial charge < -0.3 is 10.2 Å². The molecule has 0 fully saturated rings. The second-order valence-corrected chi connectivity index (χ2v) is 8.09. The Bertz CT molecular complexity index is 1540. The van der Waals surface area contributed by atoms with Gasteiger partial charge >= 0.3 is 0 Å². The molecule has 0 aliphatic carbocycles. The molecule has 5 rings (SSSR count). The van der Waals surface area contributed by atoms with E-state index in [0.29, 0.717) is 18.2 Å². The Hall–Kier alpha value is -5.64. The molecule has 0 bridgehead atoms. The molecule has 13 heteroatoms. The van der Waals surface area contributed by atoms with E-state index in [-0.39, 0.29) is 22.8 Å². The Balaban J connectivity index is 1.24. The number of carbonyl (C=O) groups is 1. The average Bonchev–Trinajstić information content (AvgIpc) is 3.39. The molecule has 5 heterocycles. The molecule has 0 amide bonds. The highest BCUT2D eigenvalue weighted by atomic mass is 19.1. The van der Waals surface area contributed by atoms with Crippen molar-refractivity contribution in [2.45, 2.75) is 6.54 Å². The summed E-state index contributed by atoms with van der Waals surface area (Å²) in [5.74, 6) is 0.306. The number of carbonyl (C=O) groups excluding carboxylic acids is 1. The topological polar surface area (TPSA) is 141 Å². The van der Waals surface area contributed by atoms with Crippen molar-refractivity contribution in [2.24, 2.45) is 0 Å². The molecule has 1 aliphatic rings. The van der Waals surface area contributed by atoms with Gasteiger partial charge in [0, 0.05) is 56.3 Å². The van der Waals surface area contributed by atoms with Gasteiger partial charge in [-0.15, -0.1) is 0 Å². The van der Waals surface area contributed by atoms with Gasteiger partial charge in [0.25, 0.3) is 0 Å². The van der Waals surface area contributed by atoms with E-state index >= 15 is 0 Å². The number of nitrogens with zero attached hydrogens (tertiary/aromatic N) is 9. The number of aromatic nitrogens is 6. The molecular formula is C25H20FN11O. The highest BCUT2D eigenvalue weighted by Crippen LogP contribution is 2.16. The lowest BCUT2D eigenvalue weighted by Gasteiger charge is -2.22. The predicted molar refractivity (Wildman–Crippen MR) is 135 cm³/mol. The van der Waals surface area contributed by atoms with Gasteiger partial charge in [-0.05, 0) is 23.8 Å². The highest BCUT2D eigenvalue weighted by molar-refractivity contribution is 6.09. The second kappa shape index (κ2) is 10.5. The van der Waals surface area contributed by atoms with E-state index in [9.17, 15) is 14.4 Å². The largest absolute Gasteiger partial charge is 0.366 e. The van der Waals surface area contributed by atoms with Crippen molar-refractivity contribution in [3.63, 3.8) is 0 Å². The fraction of sp³-hybridized carbons (Fsp3) is 0.0800.